The van der Waals surface area contributed by atoms with E-state index in [9.17, 15) is 9.59 Å². The number of nitrogens with zero attached hydrogens (tertiary/aromatic N) is 1. The summed E-state index contributed by atoms with van der Waals surface area (Å²) in [7, 11) is 0. The van der Waals surface area contributed by atoms with Crippen molar-refractivity contribution in [2.45, 2.75) is 79.2 Å². The van der Waals surface area contributed by atoms with Crippen LogP contribution in [0.25, 0.3) is 0 Å². The van der Waals surface area contributed by atoms with Gasteiger partial charge in [-0.25, -0.2) is 0 Å². The van der Waals surface area contributed by atoms with Crippen molar-refractivity contribution < 1.29 is 19.1 Å². The van der Waals surface area contributed by atoms with E-state index in [1.807, 2.05) is 55.5 Å². The van der Waals surface area contributed by atoms with Gasteiger partial charge in [-0.15, -0.1) is 0 Å². The Labute approximate surface area is 278 Å². The molecule has 0 atom stereocenters. The van der Waals surface area contributed by atoms with Gasteiger partial charge in [-0.05, 0) is 78.0 Å². The molecule has 0 unspecified atom stereocenters. The first-order valence-corrected chi connectivity index (χ1v) is 16.8. The van der Waals surface area contributed by atoms with Gasteiger partial charge in [0, 0.05) is 52.9 Å². The van der Waals surface area contributed by atoms with Gasteiger partial charge in [0.25, 0.3) is 0 Å². The number of carbonyl (C=O) groups excluding carboxylic acids is 2. The van der Waals surface area contributed by atoms with Gasteiger partial charge in [0.05, 0.1) is 6.61 Å². The summed E-state index contributed by atoms with van der Waals surface area (Å²) in [5, 5.41) is 0.658. The van der Waals surface area contributed by atoms with Crippen LogP contribution in [0.15, 0.2) is 95.3 Å². The maximum Gasteiger partial charge on any atom is 0.162 e. The molecule has 0 bridgehead atoms. The monoisotopic (exact) mass is 637 g/mol. The highest BCUT2D eigenvalue weighted by Gasteiger charge is 2.49. The number of halogens is 1. The fourth-order valence-electron chi connectivity index (χ4n) is 7.42. The van der Waals surface area contributed by atoms with E-state index >= 15 is 0 Å². The van der Waals surface area contributed by atoms with Gasteiger partial charge in [0.15, 0.2) is 23.1 Å². The zero-order valence-corrected chi connectivity index (χ0v) is 28.4. The Morgan fingerprint density at radius 2 is 1.37 bits per heavy atom. The van der Waals surface area contributed by atoms with Crippen molar-refractivity contribution in [2.24, 2.45) is 10.8 Å². The summed E-state index contributed by atoms with van der Waals surface area (Å²) in [6, 6.07) is 24.0. The Balaban J connectivity index is 1.46. The minimum Gasteiger partial charge on any atom is -0.490 e. The largest absolute Gasteiger partial charge is 0.490 e. The van der Waals surface area contributed by atoms with Gasteiger partial charge < -0.3 is 14.4 Å². The smallest absolute Gasteiger partial charge is 0.162 e. The van der Waals surface area contributed by atoms with E-state index in [1.165, 1.54) is 5.56 Å². The number of carbonyl (C=O) groups is 2. The molecule has 1 heterocycles. The average Bonchev–Trinajstić information content (AvgIpc) is 2.98. The van der Waals surface area contributed by atoms with Gasteiger partial charge >= 0.3 is 0 Å². The lowest BCUT2D eigenvalue weighted by molar-refractivity contribution is -0.119. The molecule has 0 amide bonds. The van der Waals surface area contributed by atoms with E-state index in [-0.39, 0.29) is 22.4 Å². The minimum atomic E-state index is -0.439. The van der Waals surface area contributed by atoms with E-state index in [0.29, 0.717) is 42.6 Å². The number of allylic oxidation sites excluding steroid dienone is 4. The highest BCUT2D eigenvalue weighted by molar-refractivity contribution is 6.30. The Morgan fingerprint density at radius 3 is 1.98 bits per heavy atom. The average molecular weight is 638 g/mol. The molecule has 0 radical (unpaired) electrons. The van der Waals surface area contributed by atoms with Gasteiger partial charge in [0.2, 0.25) is 0 Å². The van der Waals surface area contributed by atoms with E-state index in [1.54, 1.807) is 0 Å². The molecule has 0 spiro atoms. The first-order valence-electron chi connectivity index (χ1n) is 16.4. The number of hydrogen-bond donors (Lipinski definition) is 0. The van der Waals surface area contributed by atoms with Gasteiger partial charge in [-0.2, -0.15) is 0 Å². The molecule has 46 heavy (non-hydrogen) atoms. The second-order valence-electron chi connectivity index (χ2n) is 14.5. The molecule has 2 aliphatic carbocycles. The molecule has 0 saturated carbocycles. The predicted octanol–water partition coefficient (Wildman–Crippen LogP) is 9.25. The minimum absolute atomic E-state index is 0.129. The molecule has 3 aromatic rings. The third kappa shape index (κ3) is 6.66. The van der Waals surface area contributed by atoms with E-state index in [0.717, 1.165) is 59.5 Å². The Kier molecular flexibility index (Phi) is 8.91. The molecule has 0 N–H and O–H groups in total. The van der Waals surface area contributed by atoms with Crippen LogP contribution >= 0.6 is 11.6 Å². The van der Waals surface area contributed by atoms with Crippen molar-refractivity contribution in [3.63, 3.8) is 0 Å². The third-order valence-electron chi connectivity index (χ3n) is 9.37. The molecular weight excluding hydrogens is 594 g/mol. The van der Waals surface area contributed by atoms with Crippen molar-refractivity contribution >= 4 is 23.2 Å². The Bertz CT molecular complexity index is 1660. The fraction of sp³-hybridized carbons (Fsp3) is 0.400. The van der Waals surface area contributed by atoms with Crippen LogP contribution in [-0.2, 0) is 22.6 Å². The third-order valence-corrected chi connectivity index (χ3v) is 9.61. The van der Waals surface area contributed by atoms with Crippen LogP contribution in [-0.4, -0.2) is 29.6 Å². The van der Waals surface area contributed by atoms with Crippen LogP contribution in [0.3, 0.4) is 0 Å². The molecule has 6 heteroatoms. The van der Waals surface area contributed by atoms with Gasteiger partial charge in [0.1, 0.15) is 6.61 Å². The lowest BCUT2D eigenvalue weighted by atomic mass is 9.63. The highest BCUT2D eigenvalue weighted by Crippen LogP contribution is 2.55. The van der Waals surface area contributed by atoms with Gasteiger partial charge in [-0.1, -0.05) is 87.8 Å². The molecule has 1 aliphatic heterocycles. The van der Waals surface area contributed by atoms with E-state index < -0.39 is 5.92 Å². The standard InChI is InChI=1S/C40H44ClNO4/c1-6-45-35-20-28(15-16-34(35)46-25-27-13-10-14-29(41)19-27)36-37-30(21-39(2,3)23-32(37)43)42(18-17-26-11-8-7-9-12-26)31-22-40(4,5)24-33(44)38(31)36/h7-16,19-20,36H,6,17-18,21-25H2,1-5H3. The number of ether oxygens (including phenoxy) is 2. The van der Waals surface area contributed by atoms with Crippen LogP contribution in [0.4, 0.5) is 0 Å². The lowest BCUT2D eigenvalue weighted by Crippen LogP contribution is -2.45. The SMILES string of the molecule is CCOc1cc(C2C3=C(CC(C)(C)CC3=O)N(CCc3ccccc3)C3=C2C(=O)CC(C)(C)C3)ccc1OCc1cccc(Cl)c1. The zero-order valence-electron chi connectivity index (χ0n) is 27.6. The number of benzene rings is 3. The maximum atomic E-state index is 14.2. The van der Waals surface area contributed by atoms with Crippen molar-refractivity contribution in [2.75, 3.05) is 13.2 Å². The van der Waals surface area contributed by atoms with Crippen LogP contribution in [0, 0.1) is 10.8 Å². The van der Waals surface area contributed by atoms with Crippen LogP contribution in [0.1, 0.15) is 82.9 Å². The molecule has 3 aromatic carbocycles. The number of ketones is 2. The lowest BCUT2D eigenvalue weighted by Gasteiger charge is -2.49. The summed E-state index contributed by atoms with van der Waals surface area (Å²) >= 11 is 6.20. The maximum absolute atomic E-state index is 14.2. The molecular formula is C40H44ClNO4. The second-order valence-corrected chi connectivity index (χ2v) is 14.9. The molecule has 0 saturated heterocycles. The summed E-state index contributed by atoms with van der Waals surface area (Å²) in [6.07, 6.45) is 3.30. The normalized spacial score (nSPS) is 19.2. The summed E-state index contributed by atoms with van der Waals surface area (Å²) in [5.41, 5.74) is 6.43. The molecule has 240 valence electrons. The van der Waals surface area contributed by atoms with Crippen molar-refractivity contribution in [1.29, 1.82) is 0 Å². The molecule has 0 fully saturated rings. The Morgan fingerprint density at radius 1 is 0.739 bits per heavy atom. The topological polar surface area (TPSA) is 55.8 Å². The second kappa shape index (κ2) is 12.8. The summed E-state index contributed by atoms with van der Waals surface area (Å²) < 4.78 is 12.3. The zero-order chi connectivity index (χ0) is 32.6. The van der Waals surface area contributed by atoms with E-state index in [4.69, 9.17) is 21.1 Å². The first-order chi connectivity index (χ1) is 21.9. The molecule has 0 aromatic heterocycles. The molecule has 5 nitrogen and oxygen atoms in total. The summed E-state index contributed by atoms with van der Waals surface area (Å²) in [4.78, 5) is 30.8. The fourth-order valence-corrected chi connectivity index (χ4v) is 7.63. The van der Waals surface area contributed by atoms with Crippen molar-refractivity contribution in [1.82, 2.24) is 4.90 Å². The molecule has 6 rings (SSSR count). The van der Waals surface area contributed by atoms with Crippen molar-refractivity contribution in [3.05, 3.63) is 117 Å². The molecule has 3 aliphatic rings. The quantitative estimate of drug-likeness (QED) is 0.234. The Hall–Kier alpha value is -3.83. The number of hydrogen-bond acceptors (Lipinski definition) is 5. The van der Waals surface area contributed by atoms with Crippen LogP contribution < -0.4 is 9.47 Å². The predicted molar refractivity (Wildman–Crippen MR) is 183 cm³/mol. The number of rotatable bonds is 9. The van der Waals surface area contributed by atoms with Gasteiger partial charge in [-0.3, -0.25) is 9.59 Å². The van der Waals surface area contributed by atoms with Crippen LogP contribution in [0.5, 0.6) is 11.5 Å². The number of Topliss-reactive ketones (excluding diaryl/α,β-unsaturated/α-hetero) is 2. The summed E-state index contributed by atoms with van der Waals surface area (Å²) in [6.45, 7) is 12.2. The van der Waals surface area contributed by atoms with E-state index in [2.05, 4.69) is 56.9 Å². The van der Waals surface area contributed by atoms with Crippen LogP contribution in [0.2, 0.25) is 5.02 Å². The summed E-state index contributed by atoms with van der Waals surface area (Å²) in [5.74, 6) is 1.03. The highest BCUT2D eigenvalue weighted by atomic mass is 35.5. The first kappa shape index (κ1) is 32.1. The van der Waals surface area contributed by atoms with Crippen molar-refractivity contribution in [3.8, 4) is 11.5 Å².